The topological polar surface area (TPSA) is 140 Å². The van der Waals surface area contributed by atoms with Gasteiger partial charge in [-0.1, -0.05) is 29.3 Å². The summed E-state index contributed by atoms with van der Waals surface area (Å²) in [5.74, 6) is -0.310. The van der Waals surface area contributed by atoms with Gasteiger partial charge in [0.05, 0.1) is 5.02 Å². The monoisotopic (exact) mass is 528 g/mol. The van der Waals surface area contributed by atoms with Crippen molar-refractivity contribution < 1.29 is 23.8 Å². The van der Waals surface area contributed by atoms with Gasteiger partial charge in [0.15, 0.2) is 5.76 Å². The number of nitrogens with two attached hydrogens (primary N) is 1. The van der Waals surface area contributed by atoms with Crippen molar-refractivity contribution in [1.29, 1.82) is 0 Å². The molecule has 2 amide bonds. The molecule has 0 radical (unpaired) electrons. The van der Waals surface area contributed by atoms with E-state index in [-0.39, 0.29) is 34.2 Å². The van der Waals surface area contributed by atoms with Crippen LogP contribution in [-0.2, 0) is 6.54 Å². The van der Waals surface area contributed by atoms with E-state index in [2.05, 4.69) is 15.6 Å². The maximum atomic E-state index is 13.2. The average Bonchev–Trinajstić information content (AvgIpc) is 3.20. The number of hydrogen-bond acceptors (Lipinski definition) is 7. The SMILES string of the molecule is NC(=O)Nc1c(C(=O)c2ccc(Cl)cc2Cl)oc2cc(OCC(O)CNCc3cccnc3)ccc12. The number of aromatic nitrogens is 1. The molecule has 0 saturated heterocycles. The first-order valence-corrected chi connectivity index (χ1v) is 11.6. The summed E-state index contributed by atoms with van der Waals surface area (Å²) in [7, 11) is 0. The number of amides is 2. The molecule has 0 fully saturated rings. The first kappa shape index (κ1) is 25.5. The highest BCUT2D eigenvalue weighted by Gasteiger charge is 2.25. The summed E-state index contributed by atoms with van der Waals surface area (Å²) in [5, 5.41) is 16.8. The number of halogens is 2. The summed E-state index contributed by atoms with van der Waals surface area (Å²) in [6, 6.07) is 12.1. The Morgan fingerprint density at radius 2 is 2.00 bits per heavy atom. The third-order valence-corrected chi connectivity index (χ3v) is 5.71. The molecular formula is C25H22Cl2N4O5. The number of aliphatic hydroxyl groups is 1. The number of nitrogens with zero attached hydrogens (tertiary/aromatic N) is 1. The molecule has 4 rings (SSSR count). The van der Waals surface area contributed by atoms with Crippen LogP contribution in [0.25, 0.3) is 11.0 Å². The van der Waals surface area contributed by atoms with E-state index in [0.29, 0.717) is 29.2 Å². The summed E-state index contributed by atoms with van der Waals surface area (Å²) in [5.41, 5.74) is 6.84. The fourth-order valence-corrected chi connectivity index (χ4v) is 4.00. The highest BCUT2D eigenvalue weighted by molar-refractivity contribution is 6.37. The molecule has 2 heterocycles. The molecule has 36 heavy (non-hydrogen) atoms. The van der Waals surface area contributed by atoms with Gasteiger partial charge in [0, 0.05) is 47.5 Å². The van der Waals surface area contributed by atoms with E-state index in [1.54, 1.807) is 30.6 Å². The molecule has 5 N–H and O–H groups in total. The fourth-order valence-electron chi connectivity index (χ4n) is 3.51. The number of benzene rings is 2. The number of rotatable bonds is 10. The van der Waals surface area contributed by atoms with Crippen molar-refractivity contribution in [3.63, 3.8) is 0 Å². The normalized spacial score (nSPS) is 11.9. The first-order valence-electron chi connectivity index (χ1n) is 10.8. The molecule has 0 aliphatic heterocycles. The molecule has 1 unspecified atom stereocenters. The number of ether oxygens (including phenoxy) is 1. The van der Waals surface area contributed by atoms with Crippen molar-refractivity contribution in [2.75, 3.05) is 18.5 Å². The number of anilines is 1. The summed E-state index contributed by atoms with van der Waals surface area (Å²) in [6.07, 6.45) is 2.67. The quantitative estimate of drug-likeness (QED) is 0.224. The summed E-state index contributed by atoms with van der Waals surface area (Å²) >= 11 is 12.1. The van der Waals surface area contributed by atoms with Crippen LogP contribution < -0.4 is 21.1 Å². The van der Waals surface area contributed by atoms with E-state index < -0.39 is 17.9 Å². The fraction of sp³-hybridized carbons (Fsp3) is 0.160. The molecule has 0 spiro atoms. The van der Waals surface area contributed by atoms with Gasteiger partial charge in [-0.3, -0.25) is 9.78 Å². The van der Waals surface area contributed by atoms with Crippen LogP contribution in [0.3, 0.4) is 0 Å². The lowest BCUT2D eigenvalue weighted by atomic mass is 10.1. The highest BCUT2D eigenvalue weighted by Crippen LogP contribution is 2.36. The van der Waals surface area contributed by atoms with Gasteiger partial charge in [-0.05, 0) is 42.0 Å². The molecule has 186 valence electrons. The second-order valence-corrected chi connectivity index (χ2v) is 8.71. The van der Waals surface area contributed by atoms with Crippen molar-refractivity contribution in [3.8, 4) is 5.75 Å². The van der Waals surface area contributed by atoms with Crippen LogP contribution in [-0.4, -0.2) is 41.2 Å². The minimum absolute atomic E-state index is 0.0187. The zero-order chi connectivity index (χ0) is 25.7. The average molecular weight is 529 g/mol. The lowest BCUT2D eigenvalue weighted by Gasteiger charge is -2.13. The maximum Gasteiger partial charge on any atom is 0.316 e. The Balaban J connectivity index is 1.49. The van der Waals surface area contributed by atoms with Gasteiger partial charge in [0.25, 0.3) is 0 Å². The Morgan fingerprint density at radius 3 is 2.72 bits per heavy atom. The van der Waals surface area contributed by atoms with Gasteiger partial charge in [0.2, 0.25) is 5.78 Å². The smallest absolute Gasteiger partial charge is 0.316 e. The van der Waals surface area contributed by atoms with E-state index in [1.807, 2.05) is 12.1 Å². The van der Waals surface area contributed by atoms with Gasteiger partial charge in [-0.25, -0.2) is 4.79 Å². The zero-order valence-corrected chi connectivity index (χ0v) is 20.3. The Bertz CT molecular complexity index is 1390. The second-order valence-electron chi connectivity index (χ2n) is 7.86. The maximum absolute atomic E-state index is 13.2. The van der Waals surface area contributed by atoms with Crippen LogP contribution in [0.15, 0.2) is 65.3 Å². The van der Waals surface area contributed by atoms with E-state index >= 15 is 0 Å². The van der Waals surface area contributed by atoms with Gasteiger partial charge in [-0.15, -0.1) is 0 Å². The minimum Gasteiger partial charge on any atom is -0.491 e. The Morgan fingerprint density at radius 1 is 1.17 bits per heavy atom. The first-order chi connectivity index (χ1) is 17.3. The Hall–Kier alpha value is -3.63. The van der Waals surface area contributed by atoms with Gasteiger partial charge < -0.3 is 30.6 Å². The van der Waals surface area contributed by atoms with Crippen molar-refractivity contribution in [2.24, 2.45) is 5.73 Å². The van der Waals surface area contributed by atoms with E-state index in [0.717, 1.165) is 5.56 Å². The number of hydrogen-bond donors (Lipinski definition) is 4. The van der Waals surface area contributed by atoms with Gasteiger partial charge >= 0.3 is 6.03 Å². The molecule has 0 aliphatic rings. The molecule has 11 heteroatoms. The lowest BCUT2D eigenvalue weighted by molar-refractivity contribution is 0.101. The summed E-state index contributed by atoms with van der Waals surface area (Å²) in [4.78, 5) is 28.8. The van der Waals surface area contributed by atoms with Crippen molar-refractivity contribution in [2.45, 2.75) is 12.6 Å². The summed E-state index contributed by atoms with van der Waals surface area (Å²) < 4.78 is 11.5. The van der Waals surface area contributed by atoms with Crippen LogP contribution in [0, 0.1) is 0 Å². The number of carbonyl (C=O) groups excluding carboxylic acids is 2. The number of aliphatic hydroxyl groups excluding tert-OH is 1. The molecule has 4 aromatic rings. The highest BCUT2D eigenvalue weighted by atomic mass is 35.5. The minimum atomic E-state index is -0.865. The van der Waals surface area contributed by atoms with Crippen molar-refractivity contribution in [3.05, 3.63) is 87.9 Å². The molecule has 0 bridgehead atoms. The number of furan rings is 1. The van der Waals surface area contributed by atoms with Crippen LogP contribution >= 0.6 is 23.2 Å². The number of fused-ring (bicyclic) bond motifs is 1. The standard InChI is InChI=1S/C25H22Cl2N4O5/c26-15-3-5-18(20(27)8-15)23(33)24-22(31-25(28)34)19-6-4-17(9-21(19)36-24)35-13-16(32)12-30-11-14-2-1-7-29-10-14/h1-10,16,30,32H,11-13H2,(H3,28,31,34). The Kier molecular flexibility index (Phi) is 8.07. The second kappa shape index (κ2) is 11.4. The molecule has 2 aromatic carbocycles. The zero-order valence-electron chi connectivity index (χ0n) is 18.8. The number of nitrogens with one attached hydrogen (secondary N) is 2. The lowest BCUT2D eigenvalue weighted by Crippen LogP contribution is -2.31. The van der Waals surface area contributed by atoms with Crippen molar-refractivity contribution >= 4 is 51.7 Å². The molecule has 0 saturated carbocycles. The predicted octanol–water partition coefficient (Wildman–Crippen LogP) is 4.39. The van der Waals surface area contributed by atoms with Crippen LogP contribution in [0.2, 0.25) is 10.0 Å². The van der Waals surface area contributed by atoms with Crippen LogP contribution in [0.4, 0.5) is 10.5 Å². The Labute approximate surface area is 216 Å². The van der Waals surface area contributed by atoms with E-state index in [9.17, 15) is 14.7 Å². The third-order valence-electron chi connectivity index (χ3n) is 5.17. The number of ketones is 1. The molecule has 0 aliphatic carbocycles. The number of pyridine rings is 1. The van der Waals surface area contributed by atoms with E-state index in [1.165, 1.54) is 18.2 Å². The van der Waals surface area contributed by atoms with Gasteiger partial charge in [0.1, 0.15) is 29.7 Å². The van der Waals surface area contributed by atoms with Crippen LogP contribution in [0.5, 0.6) is 5.75 Å². The predicted molar refractivity (Wildman–Crippen MR) is 137 cm³/mol. The number of carbonyl (C=O) groups is 2. The van der Waals surface area contributed by atoms with Crippen molar-refractivity contribution in [1.82, 2.24) is 10.3 Å². The number of primary amides is 1. The van der Waals surface area contributed by atoms with Crippen LogP contribution in [0.1, 0.15) is 21.7 Å². The third kappa shape index (κ3) is 6.13. The summed E-state index contributed by atoms with van der Waals surface area (Å²) in [6.45, 7) is 0.892. The molecule has 2 aromatic heterocycles. The van der Waals surface area contributed by atoms with Gasteiger partial charge in [-0.2, -0.15) is 0 Å². The molecular weight excluding hydrogens is 507 g/mol. The van der Waals surface area contributed by atoms with E-state index in [4.69, 9.17) is 38.1 Å². The largest absolute Gasteiger partial charge is 0.491 e. The molecule has 9 nitrogen and oxygen atoms in total. The molecule has 1 atom stereocenters. The number of urea groups is 1.